The molecule has 0 bridgehead atoms. The Morgan fingerprint density at radius 3 is 2.72 bits per heavy atom. The molecule has 1 fully saturated rings. The molecule has 1 heterocycles. The molecule has 0 atom stereocenters. The van der Waals surface area contributed by atoms with Gasteiger partial charge in [-0.1, -0.05) is 31.4 Å². The van der Waals surface area contributed by atoms with Crippen molar-refractivity contribution in [3.63, 3.8) is 0 Å². The molecule has 18 heavy (non-hydrogen) atoms. The second-order valence-electron chi connectivity index (χ2n) is 5.19. The van der Waals surface area contributed by atoms with Gasteiger partial charge in [0.25, 0.3) is 0 Å². The van der Waals surface area contributed by atoms with E-state index in [1.165, 1.54) is 6.42 Å². The minimum Gasteiger partial charge on any atom is -0.319 e. The Kier molecular flexibility index (Phi) is 2.96. The summed E-state index contributed by atoms with van der Waals surface area (Å²) in [5.41, 5.74) is 6.53. The number of hydrogen-bond donors (Lipinski definition) is 1. The molecule has 0 unspecified atom stereocenters. The Morgan fingerprint density at radius 2 is 1.94 bits per heavy atom. The van der Waals surface area contributed by atoms with Gasteiger partial charge in [0.1, 0.15) is 0 Å². The third-order valence-corrected chi connectivity index (χ3v) is 4.89. The molecule has 0 spiro atoms. The van der Waals surface area contributed by atoms with Crippen LogP contribution >= 0.6 is 11.3 Å². The molecule has 2 N–H and O–H groups in total. The van der Waals surface area contributed by atoms with Crippen molar-refractivity contribution >= 4 is 27.2 Å². The van der Waals surface area contributed by atoms with Crippen LogP contribution < -0.4 is 5.73 Å². The lowest BCUT2D eigenvalue weighted by atomic mass is 9.77. The summed E-state index contributed by atoms with van der Waals surface area (Å²) < 4.78 is 1.08. The first-order chi connectivity index (χ1) is 8.71. The number of carbonyl (C=O) groups excluding carboxylic acids is 1. The molecule has 0 aliphatic heterocycles. The van der Waals surface area contributed by atoms with Gasteiger partial charge in [-0.05, 0) is 35.7 Å². The molecule has 1 aliphatic rings. The zero-order valence-corrected chi connectivity index (χ0v) is 11.1. The summed E-state index contributed by atoms with van der Waals surface area (Å²) in [5, 5.41) is 3.18. The average Bonchev–Trinajstić information content (AvgIpc) is 2.87. The Hall–Kier alpha value is -1.19. The van der Waals surface area contributed by atoms with E-state index >= 15 is 0 Å². The monoisotopic (exact) mass is 259 g/mol. The van der Waals surface area contributed by atoms with Crippen LogP contribution in [0.15, 0.2) is 29.6 Å². The first kappa shape index (κ1) is 11.9. The van der Waals surface area contributed by atoms with Crippen molar-refractivity contribution in [2.45, 2.75) is 37.6 Å². The van der Waals surface area contributed by atoms with E-state index in [0.717, 1.165) is 41.3 Å². The molecule has 2 aromatic rings. The van der Waals surface area contributed by atoms with Crippen LogP contribution in [0.5, 0.6) is 0 Å². The third-order valence-electron chi connectivity index (χ3n) is 3.92. The highest BCUT2D eigenvalue weighted by Gasteiger charge is 2.36. The predicted molar refractivity (Wildman–Crippen MR) is 76.2 cm³/mol. The Morgan fingerprint density at radius 1 is 1.17 bits per heavy atom. The maximum atomic E-state index is 12.7. The number of nitrogens with two attached hydrogens (primary N) is 1. The van der Waals surface area contributed by atoms with Gasteiger partial charge in [0.15, 0.2) is 5.78 Å². The number of hydrogen-bond acceptors (Lipinski definition) is 3. The maximum Gasteiger partial charge on any atom is 0.184 e. The Bertz CT molecular complexity index is 581. The van der Waals surface area contributed by atoms with Gasteiger partial charge in [-0.15, -0.1) is 11.3 Å². The fraction of sp³-hybridized carbons (Fsp3) is 0.400. The van der Waals surface area contributed by atoms with Gasteiger partial charge >= 0.3 is 0 Å². The molecule has 1 saturated carbocycles. The van der Waals surface area contributed by atoms with E-state index in [-0.39, 0.29) is 5.78 Å². The quantitative estimate of drug-likeness (QED) is 0.835. The highest BCUT2D eigenvalue weighted by Crippen LogP contribution is 2.33. The number of thiophene rings is 1. The van der Waals surface area contributed by atoms with Crippen molar-refractivity contribution in [3.8, 4) is 0 Å². The van der Waals surface area contributed by atoms with E-state index in [1.54, 1.807) is 11.3 Å². The smallest absolute Gasteiger partial charge is 0.184 e. The lowest BCUT2D eigenvalue weighted by Gasteiger charge is -2.32. The SMILES string of the molecule is NC1(C(=O)c2cccc3ccsc23)CCCCC1. The van der Waals surface area contributed by atoms with E-state index in [1.807, 2.05) is 23.6 Å². The maximum absolute atomic E-state index is 12.7. The second kappa shape index (κ2) is 4.48. The zero-order valence-electron chi connectivity index (χ0n) is 10.3. The summed E-state index contributed by atoms with van der Waals surface area (Å²) in [4.78, 5) is 12.7. The normalized spacial score (nSPS) is 18.9. The van der Waals surface area contributed by atoms with Crippen molar-refractivity contribution in [3.05, 3.63) is 35.2 Å². The summed E-state index contributed by atoms with van der Waals surface area (Å²) in [5.74, 6) is 0.134. The van der Waals surface area contributed by atoms with Crippen molar-refractivity contribution in [2.75, 3.05) is 0 Å². The molecule has 3 heteroatoms. The van der Waals surface area contributed by atoms with Crippen molar-refractivity contribution in [1.29, 1.82) is 0 Å². The lowest BCUT2D eigenvalue weighted by molar-refractivity contribution is 0.0850. The van der Waals surface area contributed by atoms with Gasteiger partial charge in [-0.3, -0.25) is 4.79 Å². The van der Waals surface area contributed by atoms with Crippen molar-refractivity contribution in [2.24, 2.45) is 5.73 Å². The third kappa shape index (κ3) is 1.88. The van der Waals surface area contributed by atoms with Crippen LogP contribution in [0.2, 0.25) is 0 Å². The van der Waals surface area contributed by atoms with E-state index < -0.39 is 5.54 Å². The average molecular weight is 259 g/mol. The molecule has 3 rings (SSSR count). The summed E-state index contributed by atoms with van der Waals surface area (Å²) in [6, 6.07) is 7.98. The summed E-state index contributed by atoms with van der Waals surface area (Å²) in [6.07, 6.45) is 5.00. The van der Waals surface area contributed by atoms with Gasteiger partial charge in [-0.2, -0.15) is 0 Å². The first-order valence-corrected chi connectivity index (χ1v) is 7.39. The Balaban J connectivity index is 2.03. The molecule has 1 aromatic heterocycles. The van der Waals surface area contributed by atoms with Gasteiger partial charge in [0.2, 0.25) is 0 Å². The molecule has 0 radical (unpaired) electrons. The van der Waals surface area contributed by atoms with Crippen LogP contribution in [0.25, 0.3) is 10.1 Å². The molecule has 1 aromatic carbocycles. The van der Waals surface area contributed by atoms with Crippen LogP contribution in [0.4, 0.5) is 0 Å². The minimum absolute atomic E-state index is 0.134. The standard InChI is InChI=1S/C15H17NOS/c16-15(8-2-1-3-9-15)14(17)12-6-4-5-11-7-10-18-13(11)12/h4-7,10H,1-3,8-9,16H2. The largest absolute Gasteiger partial charge is 0.319 e. The van der Waals surface area contributed by atoms with Crippen molar-refractivity contribution < 1.29 is 4.79 Å². The minimum atomic E-state index is -0.628. The number of fused-ring (bicyclic) bond motifs is 1. The Labute approximate surface area is 111 Å². The fourth-order valence-corrected chi connectivity index (χ4v) is 3.76. The number of carbonyl (C=O) groups is 1. The molecule has 2 nitrogen and oxygen atoms in total. The van der Waals surface area contributed by atoms with Crippen LogP contribution in [-0.4, -0.2) is 11.3 Å². The first-order valence-electron chi connectivity index (χ1n) is 6.51. The van der Waals surface area contributed by atoms with Crippen LogP contribution in [0.3, 0.4) is 0 Å². The summed E-state index contributed by atoms with van der Waals surface area (Å²) >= 11 is 1.63. The molecule has 94 valence electrons. The lowest BCUT2D eigenvalue weighted by Crippen LogP contribution is -2.49. The van der Waals surface area contributed by atoms with E-state index in [4.69, 9.17) is 5.73 Å². The van der Waals surface area contributed by atoms with Gasteiger partial charge in [0.05, 0.1) is 5.54 Å². The van der Waals surface area contributed by atoms with Crippen molar-refractivity contribution in [1.82, 2.24) is 0 Å². The molecular formula is C15H17NOS. The summed E-state index contributed by atoms with van der Waals surface area (Å²) in [7, 11) is 0. The topological polar surface area (TPSA) is 43.1 Å². The van der Waals surface area contributed by atoms with E-state index in [0.29, 0.717) is 0 Å². The fourth-order valence-electron chi connectivity index (χ4n) is 2.85. The number of ketones is 1. The van der Waals surface area contributed by atoms with E-state index in [9.17, 15) is 4.79 Å². The van der Waals surface area contributed by atoms with Crippen LogP contribution in [0.1, 0.15) is 42.5 Å². The molecule has 0 saturated heterocycles. The van der Waals surface area contributed by atoms with Gasteiger partial charge < -0.3 is 5.73 Å². The highest BCUT2D eigenvalue weighted by molar-refractivity contribution is 7.17. The molecule has 1 aliphatic carbocycles. The second-order valence-corrected chi connectivity index (χ2v) is 6.11. The zero-order chi connectivity index (χ0) is 12.6. The molecular weight excluding hydrogens is 242 g/mol. The van der Waals surface area contributed by atoms with Crippen LogP contribution in [-0.2, 0) is 0 Å². The predicted octanol–water partition coefficient (Wildman–Crippen LogP) is 3.75. The van der Waals surface area contributed by atoms with E-state index in [2.05, 4.69) is 6.07 Å². The van der Waals surface area contributed by atoms with Crippen LogP contribution in [0, 0.1) is 0 Å². The highest BCUT2D eigenvalue weighted by atomic mass is 32.1. The number of Topliss-reactive ketones (excluding diaryl/α,β-unsaturated/α-hetero) is 1. The number of benzene rings is 1. The van der Waals surface area contributed by atoms with Gasteiger partial charge in [0, 0.05) is 10.3 Å². The molecule has 0 amide bonds. The number of rotatable bonds is 2. The summed E-state index contributed by atoms with van der Waals surface area (Å²) in [6.45, 7) is 0. The van der Waals surface area contributed by atoms with Gasteiger partial charge in [-0.25, -0.2) is 0 Å².